The van der Waals surface area contributed by atoms with Gasteiger partial charge in [0.2, 0.25) is 11.8 Å². The van der Waals surface area contributed by atoms with Crippen LogP contribution in [0.4, 0.5) is 5.95 Å². The Bertz CT molecular complexity index is 1010. The van der Waals surface area contributed by atoms with Crippen LogP contribution in [0.1, 0.15) is 41.9 Å². The Labute approximate surface area is 161 Å². The number of aromatic amines is 1. The molecule has 0 atom stereocenters. The first kappa shape index (κ1) is 17.9. The predicted molar refractivity (Wildman–Crippen MR) is 105 cm³/mol. The number of nitrogens with one attached hydrogen (secondary N) is 2. The maximum Gasteiger partial charge on any atom is 0.287 e. The predicted octanol–water partition coefficient (Wildman–Crippen LogP) is 2.09. The van der Waals surface area contributed by atoms with E-state index in [0.717, 1.165) is 30.3 Å². The summed E-state index contributed by atoms with van der Waals surface area (Å²) in [5.41, 5.74) is 7.32. The molecule has 3 aromatic heterocycles. The van der Waals surface area contributed by atoms with E-state index in [1.807, 2.05) is 18.2 Å². The van der Waals surface area contributed by atoms with Gasteiger partial charge in [0, 0.05) is 17.9 Å². The Morgan fingerprint density at radius 3 is 2.96 bits per heavy atom. The van der Waals surface area contributed by atoms with Crippen molar-refractivity contribution >= 4 is 29.1 Å². The number of pyridine rings is 1. The third-order valence-corrected chi connectivity index (χ3v) is 4.96. The number of hydrogen-bond donors (Lipinski definition) is 3. The van der Waals surface area contributed by atoms with Crippen LogP contribution in [0.25, 0.3) is 17.2 Å². The zero-order valence-electron chi connectivity index (χ0n) is 15.5. The second-order valence-corrected chi connectivity index (χ2v) is 6.85. The van der Waals surface area contributed by atoms with Crippen molar-refractivity contribution in [2.24, 2.45) is 0 Å². The normalized spacial score (nSPS) is 15.5. The van der Waals surface area contributed by atoms with Crippen molar-refractivity contribution in [3.8, 4) is 5.88 Å². The molecule has 4 rings (SSSR count). The summed E-state index contributed by atoms with van der Waals surface area (Å²) in [6.45, 7) is 0. The number of anilines is 1. The summed E-state index contributed by atoms with van der Waals surface area (Å²) >= 11 is 0. The molecule has 1 fully saturated rings. The molecule has 0 saturated heterocycles. The fourth-order valence-corrected chi connectivity index (χ4v) is 3.31. The van der Waals surface area contributed by atoms with Gasteiger partial charge in [-0.1, -0.05) is 12.2 Å². The molecular formula is C19H21N7O2. The lowest BCUT2D eigenvalue weighted by atomic mass is 9.74. The number of H-pyrrole nitrogens is 1. The van der Waals surface area contributed by atoms with Gasteiger partial charge >= 0.3 is 0 Å². The molecule has 4 N–H and O–H groups in total. The summed E-state index contributed by atoms with van der Waals surface area (Å²) in [7, 11) is 1.54. The van der Waals surface area contributed by atoms with E-state index < -0.39 is 0 Å². The maximum atomic E-state index is 12.7. The van der Waals surface area contributed by atoms with Crippen molar-refractivity contribution in [2.45, 2.75) is 31.2 Å². The summed E-state index contributed by atoms with van der Waals surface area (Å²) in [6, 6.07) is 3.64. The molecule has 0 aliphatic heterocycles. The first-order valence-corrected chi connectivity index (χ1v) is 9.05. The number of rotatable bonds is 6. The monoisotopic (exact) mass is 379 g/mol. The highest BCUT2D eigenvalue weighted by Gasteiger charge is 2.38. The number of carbonyl (C=O) groups is 1. The molecule has 144 valence electrons. The van der Waals surface area contributed by atoms with E-state index in [1.165, 1.54) is 7.11 Å². The summed E-state index contributed by atoms with van der Waals surface area (Å²) in [6.07, 6.45) is 10.7. The minimum absolute atomic E-state index is 0.164. The second kappa shape index (κ2) is 7.26. The van der Waals surface area contributed by atoms with E-state index in [9.17, 15) is 4.79 Å². The van der Waals surface area contributed by atoms with Gasteiger partial charge < -0.3 is 20.8 Å². The molecule has 0 bridgehead atoms. The minimum Gasteiger partial charge on any atom is -0.480 e. The zero-order chi connectivity index (χ0) is 19.6. The van der Waals surface area contributed by atoms with Crippen LogP contribution < -0.4 is 15.8 Å². The van der Waals surface area contributed by atoms with Crippen molar-refractivity contribution < 1.29 is 9.53 Å². The molecule has 0 unspecified atom stereocenters. The van der Waals surface area contributed by atoms with Crippen LogP contribution >= 0.6 is 0 Å². The average Bonchev–Trinajstić information content (AvgIpc) is 3.11. The fraction of sp³-hybridized carbons (Fsp3) is 0.316. The molecule has 1 aliphatic rings. The fourth-order valence-electron chi connectivity index (χ4n) is 3.31. The Balaban J connectivity index is 1.46. The van der Waals surface area contributed by atoms with Crippen LogP contribution in [0.3, 0.4) is 0 Å². The van der Waals surface area contributed by atoms with E-state index >= 15 is 0 Å². The van der Waals surface area contributed by atoms with Crippen LogP contribution in [0.15, 0.2) is 30.6 Å². The first-order valence-electron chi connectivity index (χ1n) is 9.05. The van der Waals surface area contributed by atoms with Crippen molar-refractivity contribution in [1.29, 1.82) is 0 Å². The van der Waals surface area contributed by atoms with Crippen molar-refractivity contribution in [3.05, 3.63) is 42.0 Å². The first-order chi connectivity index (χ1) is 13.6. The van der Waals surface area contributed by atoms with Crippen molar-refractivity contribution in [1.82, 2.24) is 30.2 Å². The average molecular weight is 379 g/mol. The second-order valence-electron chi connectivity index (χ2n) is 6.85. The van der Waals surface area contributed by atoms with Crippen LogP contribution in [0, 0.1) is 0 Å². The van der Waals surface area contributed by atoms with Crippen LogP contribution in [-0.4, -0.2) is 43.5 Å². The van der Waals surface area contributed by atoms with Gasteiger partial charge in [-0.25, -0.2) is 15.0 Å². The summed E-state index contributed by atoms with van der Waals surface area (Å²) in [5, 5.41) is 3.14. The highest BCUT2D eigenvalue weighted by atomic mass is 16.5. The third kappa shape index (κ3) is 3.51. The molecule has 0 aromatic carbocycles. The number of hydrogen-bond acceptors (Lipinski definition) is 7. The lowest BCUT2D eigenvalue weighted by Gasteiger charge is -2.41. The largest absolute Gasteiger partial charge is 0.480 e. The zero-order valence-corrected chi connectivity index (χ0v) is 15.5. The Morgan fingerprint density at radius 1 is 1.39 bits per heavy atom. The van der Waals surface area contributed by atoms with E-state index in [4.69, 9.17) is 10.5 Å². The van der Waals surface area contributed by atoms with Gasteiger partial charge in [0.1, 0.15) is 0 Å². The standard InChI is InChI=1S/C19H21N7O2/c1-28-17-12(11-22-18(20)25-17)5-2-7-19(8-4-9-19)26-16(27)15-23-13-6-3-10-21-14(13)24-15/h2-3,5-6,10-11H,4,7-9H2,1H3,(H,26,27)(H2,20,22,25)(H,21,23,24)/b5-2+. The van der Waals surface area contributed by atoms with Gasteiger partial charge in [0.15, 0.2) is 11.5 Å². The van der Waals surface area contributed by atoms with Gasteiger partial charge in [-0.15, -0.1) is 0 Å². The molecule has 1 amide bonds. The molecule has 28 heavy (non-hydrogen) atoms. The number of aromatic nitrogens is 5. The summed E-state index contributed by atoms with van der Waals surface area (Å²) in [5.74, 6) is 0.638. The van der Waals surface area contributed by atoms with Gasteiger partial charge in [-0.2, -0.15) is 4.98 Å². The van der Waals surface area contributed by atoms with Crippen molar-refractivity contribution in [2.75, 3.05) is 12.8 Å². The molecule has 9 heteroatoms. The molecule has 3 aromatic rings. The highest BCUT2D eigenvalue weighted by Crippen LogP contribution is 2.36. The van der Waals surface area contributed by atoms with Gasteiger partial charge in [0.25, 0.3) is 5.91 Å². The summed E-state index contributed by atoms with van der Waals surface area (Å²) < 4.78 is 5.23. The number of nitrogen functional groups attached to an aromatic ring is 1. The van der Waals surface area contributed by atoms with Gasteiger partial charge in [0.05, 0.1) is 18.2 Å². The lowest BCUT2D eigenvalue weighted by molar-refractivity contribution is 0.0821. The maximum absolute atomic E-state index is 12.7. The molecule has 9 nitrogen and oxygen atoms in total. The Morgan fingerprint density at radius 2 is 2.25 bits per heavy atom. The highest BCUT2D eigenvalue weighted by molar-refractivity contribution is 5.94. The number of imidazole rings is 1. The van der Waals surface area contributed by atoms with E-state index in [0.29, 0.717) is 17.9 Å². The van der Waals surface area contributed by atoms with Crippen molar-refractivity contribution in [3.63, 3.8) is 0 Å². The van der Waals surface area contributed by atoms with Gasteiger partial charge in [-0.3, -0.25) is 4.79 Å². The quantitative estimate of drug-likeness (QED) is 0.597. The number of nitrogens with two attached hydrogens (primary N) is 1. The number of fused-ring (bicyclic) bond motifs is 1. The number of nitrogens with zero attached hydrogens (tertiary/aromatic N) is 4. The SMILES string of the molecule is COc1nc(N)ncc1/C=C/CC1(NC(=O)c2nc3ncccc3[nH]2)CCC1. The van der Waals surface area contributed by atoms with E-state index in [2.05, 4.69) is 30.2 Å². The Kier molecular flexibility index (Phi) is 4.64. The number of amides is 1. The minimum atomic E-state index is -0.276. The van der Waals surface area contributed by atoms with Gasteiger partial charge in [-0.05, 0) is 37.8 Å². The molecule has 1 saturated carbocycles. The molecular weight excluding hydrogens is 358 g/mol. The number of carbonyl (C=O) groups excluding carboxylic acids is 1. The van der Waals surface area contributed by atoms with Crippen LogP contribution in [0.2, 0.25) is 0 Å². The smallest absolute Gasteiger partial charge is 0.287 e. The summed E-state index contributed by atoms with van der Waals surface area (Å²) in [4.78, 5) is 32.2. The van der Waals surface area contributed by atoms with Crippen LogP contribution in [-0.2, 0) is 0 Å². The Hall–Kier alpha value is -3.49. The molecule has 0 spiro atoms. The molecule has 0 radical (unpaired) electrons. The lowest BCUT2D eigenvalue weighted by Crippen LogP contribution is -2.53. The topological polar surface area (TPSA) is 132 Å². The number of methoxy groups -OCH3 is 1. The van der Waals surface area contributed by atoms with E-state index in [-0.39, 0.29) is 23.2 Å². The van der Waals surface area contributed by atoms with Crippen LogP contribution in [0.5, 0.6) is 5.88 Å². The molecule has 1 aliphatic carbocycles. The van der Waals surface area contributed by atoms with E-state index in [1.54, 1.807) is 18.5 Å². The number of ether oxygens (including phenoxy) is 1. The molecule has 3 heterocycles. The third-order valence-electron chi connectivity index (χ3n) is 4.96.